The Morgan fingerprint density at radius 1 is 1.28 bits per heavy atom. The summed E-state index contributed by atoms with van der Waals surface area (Å²) in [5.41, 5.74) is 9.56. The number of carbonyl (C=O) groups is 2. The van der Waals surface area contributed by atoms with E-state index in [-0.39, 0.29) is 28.8 Å². The van der Waals surface area contributed by atoms with Gasteiger partial charge in [0.15, 0.2) is 10.1 Å². The molecule has 1 aromatic heterocycles. The average Bonchev–Trinajstić information content (AvgIpc) is 3.41. The number of halogens is 1. The highest BCUT2D eigenvalue weighted by Gasteiger charge is 2.41. The molecule has 198 valence electrons. The first-order valence-corrected chi connectivity index (χ1v) is 14.2. The first kappa shape index (κ1) is 26.7. The summed E-state index contributed by atoms with van der Waals surface area (Å²) in [5.74, 6) is 0.146. The highest BCUT2D eigenvalue weighted by Crippen LogP contribution is 2.47. The van der Waals surface area contributed by atoms with Gasteiger partial charge in [-0.05, 0) is 54.8 Å². The van der Waals surface area contributed by atoms with E-state index >= 15 is 0 Å². The third-order valence-corrected chi connectivity index (χ3v) is 8.68. The van der Waals surface area contributed by atoms with Crippen LogP contribution in [0.3, 0.4) is 0 Å². The number of Topliss-reactive ketones (excluding diaryl/α,β-unsaturated/α-hetero) is 1. The molecule has 5 rings (SSSR count). The zero-order chi connectivity index (χ0) is 27.5. The molecule has 0 spiro atoms. The normalized spacial score (nSPS) is 17.1. The van der Waals surface area contributed by atoms with Gasteiger partial charge in [-0.3, -0.25) is 14.5 Å². The average molecular weight is 579 g/mol. The number of aromatic nitrogens is 2. The number of amides is 1. The fraction of sp³-hybridized carbons (Fsp3) is 0.222. The van der Waals surface area contributed by atoms with Crippen LogP contribution in [-0.2, 0) is 9.59 Å². The molecule has 3 aromatic rings. The number of allylic oxidation sites excluding steroid dienone is 3. The molecule has 0 saturated heterocycles. The van der Waals surface area contributed by atoms with E-state index < -0.39 is 5.92 Å². The van der Waals surface area contributed by atoms with Crippen LogP contribution in [0, 0.1) is 11.3 Å². The van der Waals surface area contributed by atoms with Crippen molar-refractivity contribution in [3.63, 3.8) is 0 Å². The van der Waals surface area contributed by atoms with Crippen LogP contribution in [0.4, 0.5) is 10.8 Å². The number of carbonyl (C=O) groups excluding carboxylic acids is 2. The van der Waals surface area contributed by atoms with Crippen LogP contribution in [0.2, 0.25) is 5.02 Å². The maximum absolute atomic E-state index is 13.3. The summed E-state index contributed by atoms with van der Waals surface area (Å²) < 4.78 is 5.94. The van der Waals surface area contributed by atoms with Crippen LogP contribution in [0.1, 0.15) is 30.7 Å². The number of nitrogens with one attached hydrogen (secondary N) is 1. The van der Waals surface area contributed by atoms with Crippen molar-refractivity contribution in [2.45, 2.75) is 29.5 Å². The monoisotopic (exact) mass is 578 g/mol. The van der Waals surface area contributed by atoms with Gasteiger partial charge in [0, 0.05) is 28.4 Å². The Morgan fingerprint density at radius 2 is 2.08 bits per heavy atom. The lowest BCUT2D eigenvalue weighted by molar-refractivity contribution is -0.116. The van der Waals surface area contributed by atoms with E-state index in [1.165, 1.54) is 23.1 Å². The molecule has 0 fully saturated rings. The molecule has 0 saturated carbocycles. The van der Waals surface area contributed by atoms with Gasteiger partial charge in [0.25, 0.3) is 0 Å². The first-order valence-electron chi connectivity index (χ1n) is 12.0. The number of ether oxygens (including phenoxy) is 1. The molecule has 9 nitrogen and oxygen atoms in total. The third-order valence-electron chi connectivity index (χ3n) is 6.38. The summed E-state index contributed by atoms with van der Waals surface area (Å²) >= 11 is 8.38. The molecule has 2 aromatic carbocycles. The predicted molar refractivity (Wildman–Crippen MR) is 152 cm³/mol. The zero-order valence-corrected chi connectivity index (χ0v) is 23.2. The minimum Gasteiger partial charge on any atom is -0.497 e. The number of benzene rings is 2. The van der Waals surface area contributed by atoms with Crippen molar-refractivity contribution in [1.29, 1.82) is 5.26 Å². The Kier molecular flexibility index (Phi) is 7.88. The van der Waals surface area contributed by atoms with Crippen LogP contribution in [0.15, 0.2) is 75.5 Å². The molecule has 0 radical (unpaired) electrons. The molecule has 1 atom stereocenters. The third kappa shape index (κ3) is 5.49. The molecule has 0 bridgehead atoms. The highest BCUT2D eigenvalue weighted by molar-refractivity contribution is 8.01. The van der Waals surface area contributed by atoms with Gasteiger partial charge in [-0.25, -0.2) is 0 Å². The fourth-order valence-electron chi connectivity index (χ4n) is 4.67. The van der Waals surface area contributed by atoms with Gasteiger partial charge in [-0.1, -0.05) is 46.8 Å². The van der Waals surface area contributed by atoms with Crippen molar-refractivity contribution in [3.8, 4) is 11.8 Å². The van der Waals surface area contributed by atoms with Gasteiger partial charge >= 0.3 is 0 Å². The Morgan fingerprint density at radius 3 is 2.82 bits per heavy atom. The van der Waals surface area contributed by atoms with Gasteiger partial charge in [-0.15, -0.1) is 10.2 Å². The summed E-state index contributed by atoms with van der Waals surface area (Å²) in [5, 5.41) is 22.6. The molecule has 1 unspecified atom stereocenters. The smallest absolute Gasteiger partial charge is 0.234 e. The maximum atomic E-state index is 13.3. The van der Waals surface area contributed by atoms with Crippen molar-refractivity contribution in [1.82, 2.24) is 10.2 Å². The molecule has 1 aliphatic carbocycles. The maximum Gasteiger partial charge on any atom is 0.234 e. The summed E-state index contributed by atoms with van der Waals surface area (Å²) in [7, 11) is 1.57. The van der Waals surface area contributed by atoms with Crippen LogP contribution in [0.5, 0.6) is 5.75 Å². The first-order chi connectivity index (χ1) is 18.9. The molecule has 1 aliphatic heterocycles. The van der Waals surface area contributed by atoms with Gasteiger partial charge in [0.2, 0.25) is 11.0 Å². The SMILES string of the molecule is COc1cccc(C2C(C#N)=C(N)N(c3nnc(SCC(=O)Nc4ccc(Cl)cc4)s3)C3=C2C(=O)CCC3)c1. The van der Waals surface area contributed by atoms with Crippen molar-refractivity contribution in [3.05, 3.63) is 81.8 Å². The largest absolute Gasteiger partial charge is 0.497 e. The summed E-state index contributed by atoms with van der Waals surface area (Å²) in [6.45, 7) is 0. The number of hydrogen-bond acceptors (Lipinski definition) is 10. The molecule has 1 amide bonds. The lowest BCUT2D eigenvalue weighted by atomic mass is 9.76. The van der Waals surface area contributed by atoms with E-state index in [1.54, 1.807) is 36.3 Å². The number of methoxy groups -OCH3 is 1. The minimum absolute atomic E-state index is 0.0210. The molecule has 3 N–H and O–H groups in total. The van der Waals surface area contributed by atoms with Crippen molar-refractivity contribution < 1.29 is 14.3 Å². The molecule has 39 heavy (non-hydrogen) atoms. The lowest BCUT2D eigenvalue weighted by Crippen LogP contribution is -2.38. The number of nitrogens with two attached hydrogens (primary N) is 1. The van der Waals surface area contributed by atoms with Gasteiger partial charge < -0.3 is 15.8 Å². The van der Waals surface area contributed by atoms with Crippen molar-refractivity contribution >= 4 is 57.2 Å². The second-order valence-corrected chi connectivity index (χ2v) is 11.4. The summed E-state index contributed by atoms with van der Waals surface area (Å²) in [4.78, 5) is 27.4. The Bertz CT molecular complexity index is 1540. The van der Waals surface area contributed by atoms with Gasteiger partial charge in [0.1, 0.15) is 11.6 Å². The fourth-order valence-corrected chi connectivity index (χ4v) is 6.47. The molecule has 2 heterocycles. The van der Waals surface area contributed by atoms with Crippen LogP contribution >= 0.6 is 34.7 Å². The van der Waals surface area contributed by atoms with Gasteiger partial charge in [0.05, 0.1) is 30.4 Å². The zero-order valence-electron chi connectivity index (χ0n) is 20.8. The summed E-state index contributed by atoms with van der Waals surface area (Å²) in [6, 6.07) is 16.4. The van der Waals surface area contributed by atoms with Crippen LogP contribution in [0.25, 0.3) is 0 Å². The minimum atomic E-state index is -0.595. The van der Waals surface area contributed by atoms with Gasteiger partial charge in [-0.2, -0.15) is 5.26 Å². The number of ketones is 1. The predicted octanol–water partition coefficient (Wildman–Crippen LogP) is 5.24. The number of thioether (sulfide) groups is 1. The van der Waals surface area contributed by atoms with Crippen molar-refractivity contribution in [2.75, 3.05) is 23.1 Å². The Labute approximate surface area is 238 Å². The number of anilines is 2. The molecule has 2 aliphatic rings. The van der Waals surface area contributed by atoms with E-state index in [4.69, 9.17) is 22.1 Å². The molecular weight excluding hydrogens is 556 g/mol. The number of hydrogen-bond donors (Lipinski definition) is 2. The lowest BCUT2D eigenvalue weighted by Gasteiger charge is -2.38. The Balaban J connectivity index is 1.42. The standard InChI is InChI=1S/C27H23ClN6O3S2/c1-37-18-5-2-4-15(12-18)23-19(13-29)25(30)34(20-6-3-7-21(35)24(20)23)26-32-33-27(39-26)38-14-22(36)31-17-10-8-16(28)9-11-17/h2,4-5,8-12,23H,3,6-7,14,30H2,1H3,(H,31,36). The van der Waals surface area contributed by atoms with Crippen LogP contribution < -0.4 is 20.7 Å². The van der Waals surface area contributed by atoms with E-state index in [9.17, 15) is 14.9 Å². The summed E-state index contributed by atoms with van der Waals surface area (Å²) in [6.07, 6.45) is 1.66. The van der Waals surface area contributed by atoms with Crippen LogP contribution in [-0.4, -0.2) is 34.8 Å². The number of nitrogens with zero attached hydrogens (tertiary/aromatic N) is 4. The quantitative estimate of drug-likeness (QED) is 0.361. The molecular formula is C27H23ClN6O3S2. The van der Waals surface area contributed by atoms with E-state index in [0.717, 1.165) is 11.3 Å². The van der Waals surface area contributed by atoms with E-state index in [2.05, 4.69) is 21.6 Å². The number of rotatable bonds is 7. The number of nitriles is 1. The molecule has 12 heteroatoms. The second kappa shape index (κ2) is 11.5. The Hall–Kier alpha value is -3.85. The van der Waals surface area contributed by atoms with E-state index in [0.29, 0.717) is 50.8 Å². The topological polar surface area (TPSA) is 134 Å². The van der Waals surface area contributed by atoms with Crippen molar-refractivity contribution in [2.24, 2.45) is 5.73 Å². The second-order valence-electron chi connectivity index (χ2n) is 8.79. The highest BCUT2D eigenvalue weighted by atomic mass is 35.5. The van der Waals surface area contributed by atoms with E-state index in [1.807, 2.05) is 24.3 Å².